The molecule has 0 aliphatic rings. The van der Waals surface area contributed by atoms with Crippen LogP contribution >= 0.6 is 0 Å². The van der Waals surface area contributed by atoms with E-state index in [9.17, 15) is 9.59 Å². The Morgan fingerprint density at radius 1 is 0.923 bits per heavy atom. The van der Waals surface area contributed by atoms with E-state index in [1.807, 2.05) is 13.0 Å². The molecule has 7 heteroatoms. The number of ether oxygens (including phenoxy) is 3. The monoisotopic (exact) mass is 358 g/mol. The smallest absolute Gasteiger partial charge is 0.259 e. The van der Waals surface area contributed by atoms with Crippen LogP contribution in [0.1, 0.15) is 17.3 Å². The highest BCUT2D eigenvalue weighted by Crippen LogP contribution is 2.28. The van der Waals surface area contributed by atoms with Gasteiger partial charge in [-0.15, -0.1) is 0 Å². The molecule has 0 spiro atoms. The molecule has 0 atom stereocenters. The second kappa shape index (κ2) is 9.31. The Morgan fingerprint density at radius 2 is 1.54 bits per heavy atom. The summed E-state index contributed by atoms with van der Waals surface area (Å²) in [5.74, 6) is 0.459. The Balaban J connectivity index is 2.03. The van der Waals surface area contributed by atoms with Gasteiger partial charge in [-0.25, -0.2) is 0 Å². The highest BCUT2D eigenvalue weighted by atomic mass is 16.5. The predicted octanol–water partition coefficient (Wildman–Crippen LogP) is 2.47. The minimum Gasteiger partial charge on any atom is -0.496 e. The third-order valence-electron chi connectivity index (χ3n) is 3.53. The molecular formula is C19H22N2O5. The van der Waals surface area contributed by atoms with E-state index in [1.165, 1.54) is 14.2 Å². The molecule has 0 saturated carbocycles. The lowest BCUT2D eigenvalue weighted by Gasteiger charge is -2.14. The lowest BCUT2D eigenvalue weighted by molar-refractivity contribution is -0.115. The first-order valence-corrected chi connectivity index (χ1v) is 8.11. The molecule has 0 saturated heterocycles. The summed E-state index contributed by atoms with van der Waals surface area (Å²) in [6.07, 6.45) is 0. The summed E-state index contributed by atoms with van der Waals surface area (Å²) in [7, 11) is 2.92. The van der Waals surface area contributed by atoms with Gasteiger partial charge in [0.1, 0.15) is 22.8 Å². The topological polar surface area (TPSA) is 85.9 Å². The highest BCUT2D eigenvalue weighted by Gasteiger charge is 2.19. The Bertz CT molecular complexity index is 754. The Labute approximate surface area is 152 Å². The van der Waals surface area contributed by atoms with Gasteiger partial charge >= 0.3 is 0 Å². The number of carbonyl (C=O) groups excluding carboxylic acids is 2. The second-order valence-corrected chi connectivity index (χ2v) is 5.20. The first-order chi connectivity index (χ1) is 12.6. The number of para-hydroxylation sites is 2. The summed E-state index contributed by atoms with van der Waals surface area (Å²) in [5, 5.41) is 5.29. The number of hydrogen-bond donors (Lipinski definition) is 2. The fraction of sp³-hybridized carbons (Fsp3) is 0.263. The van der Waals surface area contributed by atoms with Crippen molar-refractivity contribution in [3.05, 3.63) is 48.0 Å². The molecule has 2 amide bonds. The van der Waals surface area contributed by atoms with Crippen molar-refractivity contribution < 1.29 is 23.8 Å². The molecule has 0 fully saturated rings. The zero-order valence-corrected chi connectivity index (χ0v) is 15.0. The summed E-state index contributed by atoms with van der Waals surface area (Å²) in [6, 6.07) is 12.1. The van der Waals surface area contributed by atoms with E-state index in [0.717, 1.165) is 0 Å². The Hall–Kier alpha value is -3.22. The number of anilines is 1. The molecule has 26 heavy (non-hydrogen) atoms. The molecule has 2 N–H and O–H groups in total. The number of amides is 2. The molecular weight excluding hydrogens is 336 g/mol. The standard InChI is InChI=1S/C19H22N2O5/c1-4-26-14-9-6-5-8-13(14)21-17(22)12-20-19(23)18-15(24-2)10-7-11-16(18)25-3/h5-11H,4,12H2,1-3H3,(H,20,23)(H,21,22). The van der Waals surface area contributed by atoms with Crippen molar-refractivity contribution in [3.8, 4) is 17.2 Å². The zero-order chi connectivity index (χ0) is 18.9. The first-order valence-electron chi connectivity index (χ1n) is 8.11. The summed E-state index contributed by atoms with van der Waals surface area (Å²) >= 11 is 0. The molecule has 2 aromatic rings. The normalized spacial score (nSPS) is 9.96. The van der Waals surface area contributed by atoms with Crippen LogP contribution in [0.2, 0.25) is 0 Å². The van der Waals surface area contributed by atoms with Crippen molar-refractivity contribution in [2.24, 2.45) is 0 Å². The molecule has 2 aromatic carbocycles. The number of carbonyl (C=O) groups is 2. The summed E-state index contributed by atoms with van der Waals surface area (Å²) in [6.45, 7) is 2.14. The molecule has 0 aromatic heterocycles. The van der Waals surface area contributed by atoms with Gasteiger partial charge in [0, 0.05) is 0 Å². The maximum absolute atomic E-state index is 12.5. The third-order valence-corrected chi connectivity index (χ3v) is 3.53. The molecule has 0 aliphatic carbocycles. The van der Waals surface area contributed by atoms with Gasteiger partial charge in [-0.1, -0.05) is 18.2 Å². The lowest BCUT2D eigenvalue weighted by Crippen LogP contribution is -2.33. The van der Waals surface area contributed by atoms with Gasteiger partial charge in [0.05, 0.1) is 33.1 Å². The minimum atomic E-state index is -0.465. The van der Waals surface area contributed by atoms with Crippen LogP contribution in [-0.4, -0.2) is 39.2 Å². The number of nitrogens with one attached hydrogen (secondary N) is 2. The van der Waals surface area contributed by atoms with Crippen LogP contribution in [0.3, 0.4) is 0 Å². The largest absolute Gasteiger partial charge is 0.496 e. The van der Waals surface area contributed by atoms with Crippen LogP contribution < -0.4 is 24.8 Å². The van der Waals surface area contributed by atoms with Crippen molar-refractivity contribution in [3.63, 3.8) is 0 Å². The fourth-order valence-electron chi connectivity index (χ4n) is 2.37. The second-order valence-electron chi connectivity index (χ2n) is 5.20. The molecule has 0 unspecified atom stereocenters. The number of benzene rings is 2. The van der Waals surface area contributed by atoms with Gasteiger partial charge in [-0.05, 0) is 31.2 Å². The van der Waals surface area contributed by atoms with E-state index in [-0.39, 0.29) is 18.0 Å². The van der Waals surface area contributed by atoms with Crippen LogP contribution in [0, 0.1) is 0 Å². The van der Waals surface area contributed by atoms with Crippen LogP contribution in [-0.2, 0) is 4.79 Å². The fourth-order valence-corrected chi connectivity index (χ4v) is 2.37. The van der Waals surface area contributed by atoms with E-state index in [0.29, 0.717) is 29.5 Å². The minimum absolute atomic E-state index is 0.208. The SMILES string of the molecule is CCOc1ccccc1NC(=O)CNC(=O)c1c(OC)cccc1OC. The maximum atomic E-state index is 12.5. The molecule has 2 rings (SSSR count). The van der Waals surface area contributed by atoms with Crippen molar-refractivity contribution in [2.75, 3.05) is 32.7 Å². The van der Waals surface area contributed by atoms with Crippen LogP contribution in [0.15, 0.2) is 42.5 Å². The van der Waals surface area contributed by atoms with E-state index >= 15 is 0 Å². The molecule has 138 valence electrons. The number of hydrogen-bond acceptors (Lipinski definition) is 5. The van der Waals surface area contributed by atoms with Crippen molar-refractivity contribution in [1.29, 1.82) is 0 Å². The highest BCUT2D eigenvalue weighted by molar-refractivity contribution is 6.03. The van der Waals surface area contributed by atoms with Crippen molar-refractivity contribution in [1.82, 2.24) is 5.32 Å². The van der Waals surface area contributed by atoms with Crippen LogP contribution in [0.5, 0.6) is 17.2 Å². The summed E-state index contributed by atoms with van der Waals surface area (Å²) in [4.78, 5) is 24.6. The molecule has 0 radical (unpaired) electrons. The van der Waals surface area contributed by atoms with Gasteiger partial charge in [0.15, 0.2) is 0 Å². The molecule has 0 heterocycles. The number of rotatable bonds is 8. The molecule has 0 bridgehead atoms. The molecule has 0 aliphatic heterocycles. The van der Waals surface area contributed by atoms with Gasteiger partial charge in [0.25, 0.3) is 5.91 Å². The van der Waals surface area contributed by atoms with E-state index in [1.54, 1.807) is 36.4 Å². The third kappa shape index (κ3) is 4.66. The average Bonchev–Trinajstić information content (AvgIpc) is 2.67. The number of methoxy groups -OCH3 is 2. The lowest BCUT2D eigenvalue weighted by atomic mass is 10.1. The van der Waals surface area contributed by atoms with Gasteiger partial charge in [-0.2, -0.15) is 0 Å². The molecule has 7 nitrogen and oxygen atoms in total. The van der Waals surface area contributed by atoms with Gasteiger partial charge in [-0.3, -0.25) is 9.59 Å². The summed E-state index contributed by atoms with van der Waals surface area (Å²) < 4.78 is 15.9. The van der Waals surface area contributed by atoms with E-state index < -0.39 is 5.91 Å². The van der Waals surface area contributed by atoms with Crippen molar-refractivity contribution >= 4 is 17.5 Å². The Kier molecular flexibility index (Phi) is 6.84. The zero-order valence-electron chi connectivity index (χ0n) is 15.0. The maximum Gasteiger partial charge on any atom is 0.259 e. The van der Waals surface area contributed by atoms with E-state index in [4.69, 9.17) is 14.2 Å². The van der Waals surface area contributed by atoms with Crippen LogP contribution in [0.4, 0.5) is 5.69 Å². The first kappa shape index (κ1) is 19.1. The van der Waals surface area contributed by atoms with E-state index in [2.05, 4.69) is 10.6 Å². The van der Waals surface area contributed by atoms with Gasteiger partial charge < -0.3 is 24.8 Å². The predicted molar refractivity (Wildman–Crippen MR) is 98.1 cm³/mol. The quantitative estimate of drug-likeness (QED) is 0.757. The van der Waals surface area contributed by atoms with Crippen LogP contribution in [0.25, 0.3) is 0 Å². The van der Waals surface area contributed by atoms with Gasteiger partial charge in [0.2, 0.25) is 5.91 Å². The Morgan fingerprint density at radius 3 is 2.15 bits per heavy atom. The average molecular weight is 358 g/mol. The summed E-state index contributed by atoms with van der Waals surface area (Å²) in [5.41, 5.74) is 0.781. The van der Waals surface area contributed by atoms with Crippen molar-refractivity contribution in [2.45, 2.75) is 6.92 Å².